The summed E-state index contributed by atoms with van der Waals surface area (Å²) in [5.41, 5.74) is 2.83. The number of rotatable bonds is 10. The Hall–Kier alpha value is -1.86. The molecule has 0 aromatic heterocycles. The Morgan fingerprint density at radius 2 is 1.48 bits per heavy atom. The first kappa shape index (κ1) is 24.3. The molecule has 3 aromatic rings. The van der Waals surface area contributed by atoms with E-state index in [1.54, 1.807) is 0 Å². The lowest BCUT2D eigenvalue weighted by atomic mass is 9.77. The summed E-state index contributed by atoms with van der Waals surface area (Å²) in [6, 6.07) is 17.6. The molecule has 0 spiro atoms. The molecule has 3 aromatic carbocycles. The minimum Gasteiger partial charge on any atom is -0.206 e. The molecular weight excluding hydrogens is 427 g/mol. The molecule has 0 atom stereocenters. The predicted molar refractivity (Wildman–Crippen MR) is 141 cm³/mol. The van der Waals surface area contributed by atoms with Crippen LogP contribution in [0.5, 0.6) is 0 Å². The molecule has 0 unspecified atom stereocenters. The largest absolute Gasteiger partial charge is 0.206 e. The Kier molecular flexibility index (Phi) is 8.84. The summed E-state index contributed by atoms with van der Waals surface area (Å²) >= 11 is 5.99. The van der Waals surface area contributed by atoms with E-state index in [0.717, 1.165) is 29.2 Å². The molecule has 2 heteroatoms. The average Bonchev–Trinajstić information content (AvgIpc) is 2.84. The van der Waals surface area contributed by atoms with E-state index in [4.69, 9.17) is 11.6 Å². The summed E-state index contributed by atoms with van der Waals surface area (Å²) in [5.74, 6) is 1.69. The van der Waals surface area contributed by atoms with Crippen LogP contribution in [0, 0.1) is 17.7 Å². The van der Waals surface area contributed by atoms with Gasteiger partial charge in [-0.2, -0.15) is 0 Å². The molecule has 1 saturated carbocycles. The van der Waals surface area contributed by atoms with Crippen molar-refractivity contribution >= 4 is 22.4 Å². The van der Waals surface area contributed by atoms with Crippen molar-refractivity contribution in [1.29, 1.82) is 0 Å². The number of aryl methyl sites for hydroxylation is 1. The van der Waals surface area contributed by atoms with E-state index < -0.39 is 0 Å². The summed E-state index contributed by atoms with van der Waals surface area (Å²) in [5, 5.41) is 2.36. The topological polar surface area (TPSA) is 0 Å². The fourth-order valence-corrected chi connectivity index (χ4v) is 5.69. The van der Waals surface area contributed by atoms with Gasteiger partial charge in [0.15, 0.2) is 0 Å². The number of fused-ring (bicyclic) bond motifs is 1. The van der Waals surface area contributed by atoms with E-state index >= 15 is 4.39 Å². The van der Waals surface area contributed by atoms with Crippen LogP contribution in [0.15, 0.2) is 54.6 Å². The Morgan fingerprint density at radius 3 is 2.21 bits per heavy atom. The van der Waals surface area contributed by atoms with Crippen LogP contribution >= 0.6 is 11.6 Å². The lowest BCUT2D eigenvalue weighted by Gasteiger charge is -2.28. The number of halogens is 2. The number of hydrogen-bond acceptors (Lipinski definition) is 0. The van der Waals surface area contributed by atoms with Gasteiger partial charge in [0, 0.05) is 16.0 Å². The third kappa shape index (κ3) is 6.60. The molecule has 1 aliphatic rings. The van der Waals surface area contributed by atoms with Crippen LogP contribution in [-0.4, -0.2) is 0 Å². The second-order valence-corrected chi connectivity index (χ2v) is 10.6. The maximum atomic E-state index is 15.2. The van der Waals surface area contributed by atoms with E-state index in [-0.39, 0.29) is 5.82 Å². The van der Waals surface area contributed by atoms with Gasteiger partial charge in [-0.15, -0.1) is 0 Å². The average molecular weight is 465 g/mol. The highest BCUT2D eigenvalue weighted by Crippen LogP contribution is 2.35. The lowest BCUT2D eigenvalue weighted by Crippen LogP contribution is -2.15. The third-order valence-corrected chi connectivity index (χ3v) is 7.95. The molecule has 0 bridgehead atoms. The molecule has 1 aliphatic carbocycles. The van der Waals surface area contributed by atoms with Gasteiger partial charge in [0.05, 0.1) is 0 Å². The van der Waals surface area contributed by atoms with Crippen molar-refractivity contribution in [1.82, 2.24) is 0 Å². The maximum absolute atomic E-state index is 15.2. The second-order valence-electron chi connectivity index (χ2n) is 10.1. The Bertz CT molecular complexity index is 1020. The standard InChI is InChI=1S/C31H38ClF/c1-2-3-4-5-6-7-23-8-10-24(11-9-23)12-13-25-14-20-30-27(22-25)17-21-29(31(30)33)26-15-18-28(32)19-16-26/h14-24H,2-13H2,1H3/t23-,24-. The van der Waals surface area contributed by atoms with Gasteiger partial charge in [-0.3, -0.25) is 0 Å². The van der Waals surface area contributed by atoms with Crippen LogP contribution in [0.4, 0.5) is 4.39 Å². The first-order chi connectivity index (χ1) is 16.1. The normalized spacial score (nSPS) is 18.6. The first-order valence-electron chi connectivity index (χ1n) is 13.1. The smallest absolute Gasteiger partial charge is 0.138 e. The fourth-order valence-electron chi connectivity index (χ4n) is 5.57. The zero-order chi connectivity index (χ0) is 23.0. The second kappa shape index (κ2) is 12.0. The van der Waals surface area contributed by atoms with Crippen molar-refractivity contribution in [2.24, 2.45) is 11.8 Å². The number of hydrogen-bond donors (Lipinski definition) is 0. The van der Waals surface area contributed by atoms with Gasteiger partial charge in [-0.05, 0) is 53.3 Å². The van der Waals surface area contributed by atoms with E-state index in [1.165, 1.54) is 76.2 Å². The fraction of sp³-hybridized carbons (Fsp3) is 0.484. The van der Waals surface area contributed by atoms with E-state index in [0.29, 0.717) is 16.0 Å². The lowest BCUT2D eigenvalue weighted by molar-refractivity contribution is 0.249. The molecule has 0 nitrogen and oxygen atoms in total. The summed E-state index contributed by atoms with van der Waals surface area (Å²) < 4.78 is 15.2. The van der Waals surface area contributed by atoms with Gasteiger partial charge in [-0.25, -0.2) is 4.39 Å². The van der Waals surface area contributed by atoms with Crippen molar-refractivity contribution < 1.29 is 4.39 Å². The molecule has 0 aliphatic heterocycles. The van der Waals surface area contributed by atoms with Crippen LogP contribution in [-0.2, 0) is 6.42 Å². The quantitative estimate of drug-likeness (QED) is 0.262. The highest BCUT2D eigenvalue weighted by Gasteiger charge is 2.20. The van der Waals surface area contributed by atoms with Crippen LogP contribution in [0.25, 0.3) is 21.9 Å². The molecule has 1 fully saturated rings. The molecule has 33 heavy (non-hydrogen) atoms. The van der Waals surface area contributed by atoms with Gasteiger partial charge >= 0.3 is 0 Å². The zero-order valence-electron chi connectivity index (χ0n) is 20.1. The van der Waals surface area contributed by atoms with Crippen molar-refractivity contribution in [3.63, 3.8) is 0 Å². The Balaban J connectivity index is 1.29. The van der Waals surface area contributed by atoms with Gasteiger partial charge in [0.2, 0.25) is 0 Å². The third-order valence-electron chi connectivity index (χ3n) is 7.70. The summed E-state index contributed by atoms with van der Waals surface area (Å²) in [4.78, 5) is 0. The predicted octanol–water partition coefficient (Wildman–Crippen LogP) is 10.4. The number of unbranched alkanes of at least 4 members (excludes halogenated alkanes) is 4. The van der Waals surface area contributed by atoms with Gasteiger partial charge in [0.25, 0.3) is 0 Å². The van der Waals surface area contributed by atoms with Crippen molar-refractivity contribution in [2.75, 3.05) is 0 Å². The van der Waals surface area contributed by atoms with E-state index in [2.05, 4.69) is 25.1 Å². The zero-order valence-corrected chi connectivity index (χ0v) is 20.8. The minimum atomic E-state index is -0.144. The first-order valence-corrected chi connectivity index (χ1v) is 13.5. The van der Waals surface area contributed by atoms with Crippen LogP contribution in [0.2, 0.25) is 5.02 Å². The van der Waals surface area contributed by atoms with Crippen molar-refractivity contribution in [3.05, 3.63) is 71.0 Å². The molecule has 0 saturated heterocycles. The highest BCUT2D eigenvalue weighted by molar-refractivity contribution is 6.30. The minimum absolute atomic E-state index is 0.144. The van der Waals surface area contributed by atoms with Crippen LogP contribution < -0.4 is 0 Å². The Labute approximate surface area is 204 Å². The van der Waals surface area contributed by atoms with Gasteiger partial charge in [-0.1, -0.05) is 125 Å². The summed E-state index contributed by atoms with van der Waals surface area (Å²) in [6.45, 7) is 2.29. The van der Waals surface area contributed by atoms with Gasteiger partial charge < -0.3 is 0 Å². The number of benzene rings is 3. The molecule has 0 amide bonds. The molecule has 176 valence electrons. The maximum Gasteiger partial charge on any atom is 0.138 e. The SMILES string of the molecule is CCCCCCC[C@H]1CC[C@H](CCc2ccc3c(F)c(-c4ccc(Cl)cc4)ccc3c2)CC1. The van der Waals surface area contributed by atoms with Crippen LogP contribution in [0.3, 0.4) is 0 Å². The van der Waals surface area contributed by atoms with Gasteiger partial charge in [0.1, 0.15) is 5.82 Å². The van der Waals surface area contributed by atoms with Crippen molar-refractivity contribution in [2.45, 2.75) is 84.0 Å². The molecule has 0 heterocycles. The molecule has 0 radical (unpaired) electrons. The Morgan fingerprint density at radius 1 is 0.788 bits per heavy atom. The summed E-state index contributed by atoms with van der Waals surface area (Å²) in [7, 11) is 0. The molecular formula is C31H38ClF. The van der Waals surface area contributed by atoms with E-state index in [1.807, 2.05) is 36.4 Å². The molecule has 0 N–H and O–H groups in total. The van der Waals surface area contributed by atoms with Crippen molar-refractivity contribution in [3.8, 4) is 11.1 Å². The van der Waals surface area contributed by atoms with E-state index in [9.17, 15) is 0 Å². The monoisotopic (exact) mass is 464 g/mol. The van der Waals surface area contributed by atoms with Crippen LogP contribution in [0.1, 0.15) is 83.1 Å². The highest BCUT2D eigenvalue weighted by atomic mass is 35.5. The summed E-state index contributed by atoms with van der Waals surface area (Å²) in [6.07, 6.45) is 16.5. The molecule has 4 rings (SSSR count).